The number of rotatable bonds is 6. The molecule has 1 atom stereocenters. The van der Waals surface area contributed by atoms with Crippen LogP contribution in [0.3, 0.4) is 0 Å². The normalized spacial score (nSPS) is 17.2. The zero-order valence-electron chi connectivity index (χ0n) is 20.0. The number of amides is 1. The van der Waals surface area contributed by atoms with Crippen molar-refractivity contribution in [2.75, 3.05) is 18.5 Å². The topological polar surface area (TPSA) is 86.8 Å². The monoisotopic (exact) mass is 440 g/mol. The lowest BCUT2D eigenvalue weighted by atomic mass is 9.86. The maximum Gasteiger partial charge on any atom is 0.344 e. The van der Waals surface area contributed by atoms with E-state index in [2.05, 4.69) is 10.3 Å². The van der Waals surface area contributed by atoms with E-state index in [0.29, 0.717) is 36.8 Å². The van der Waals surface area contributed by atoms with Gasteiger partial charge in [0.1, 0.15) is 17.3 Å². The Hall–Kier alpha value is -3.09. The first-order valence-electron chi connectivity index (χ1n) is 10.9. The molecule has 0 radical (unpaired) electrons. The van der Waals surface area contributed by atoms with Crippen molar-refractivity contribution in [1.29, 1.82) is 0 Å². The summed E-state index contributed by atoms with van der Waals surface area (Å²) in [4.78, 5) is 29.3. The molecule has 1 unspecified atom stereocenters. The third-order valence-corrected chi connectivity index (χ3v) is 5.95. The Morgan fingerprint density at radius 1 is 1.12 bits per heavy atom. The number of aryl methyl sites for hydroxylation is 2. The summed E-state index contributed by atoms with van der Waals surface area (Å²) >= 11 is 0. The quantitative estimate of drug-likeness (QED) is 0.675. The highest BCUT2D eigenvalue weighted by Gasteiger charge is 2.41. The summed E-state index contributed by atoms with van der Waals surface area (Å²) in [5, 5.41) is 2.92. The van der Waals surface area contributed by atoms with Gasteiger partial charge in [0, 0.05) is 17.7 Å². The highest BCUT2D eigenvalue weighted by atomic mass is 16.6. The van der Waals surface area contributed by atoms with Crippen molar-refractivity contribution >= 4 is 17.7 Å². The van der Waals surface area contributed by atoms with Crippen molar-refractivity contribution in [2.24, 2.45) is 0 Å². The number of fused-ring (bicyclic) bond motifs is 1. The summed E-state index contributed by atoms with van der Waals surface area (Å²) in [6, 6.07) is 3.80. The first kappa shape index (κ1) is 23.6. The number of hydrogen-bond acceptors (Lipinski definition) is 6. The van der Waals surface area contributed by atoms with Gasteiger partial charge in [-0.2, -0.15) is 0 Å². The molecule has 172 valence electrons. The first-order valence-corrected chi connectivity index (χ1v) is 10.9. The molecule has 2 aromatic rings. The number of carbonyl (C=O) groups is 2. The minimum Gasteiger partial charge on any atom is -0.481 e. The number of nitrogens with zero attached hydrogens (tertiary/aromatic N) is 1. The smallest absolute Gasteiger partial charge is 0.344 e. The number of hydrogen-bond donors (Lipinski definition) is 1. The SMILES string of the molecule is CCOC(=O)COc1c(C)c(C)c2c(c1C)CCC(C)(C(=O)Nc1cc(C)cc(C)n1)O2. The van der Waals surface area contributed by atoms with Crippen molar-refractivity contribution in [3.63, 3.8) is 0 Å². The molecule has 0 bridgehead atoms. The molecule has 0 fully saturated rings. The second kappa shape index (κ2) is 9.18. The van der Waals surface area contributed by atoms with Crippen LogP contribution in [0.25, 0.3) is 0 Å². The van der Waals surface area contributed by atoms with E-state index in [1.54, 1.807) is 6.92 Å². The molecular formula is C25H32N2O5. The number of carbonyl (C=O) groups excluding carboxylic acids is 2. The molecule has 2 heterocycles. The first-order chi connectivity index (χ1) is 15.1. The van der Waals surface area contributed by atoms with Crippen LogP contribution in [0.2, 0.25) is 0 Å². The van der Waals surface area contributed by atoms with E-state index in [0.717, 1.165) is 33.5 Å². The number of benzene rings is 1. The van der Waals surface area contributed by atoms with Crippen LogP contribution in [0.5, 0.6) is 11.5 Å². The molecule has 3 rings (SSSR count). The predicted octanol–water partition coefficient (Wildman–Crippen LogP) is 4.29. The molecule has 32 heavy (non-hydrogen) atoms. The van der Waals surface area contributed by atoms with Crippen LogP contribution in [0.1, 0.15) is 53.8 Å². The second-order valence-electron chi connectivity index (χ2n) is 8.56. The number of nitrogens with one attached hydrogen (secondary N) is 1. The molecule has 0 saturated carbocycles. The van der Waals surface area contributed by atoms with Gasteiger partial charge in [0.2, 0.25) is 0 Å². The third kappa shape index (κ3) is 4.71. The molecule has 1 amide bonds. The fourth-order valence-corrected chi connectivity index (χ4v) is 4.10. The molecule has 0 aliphatic carbocycles. The minimum absolute atomic E-state index is 0.141. The van der Waals surface area contributed by atoms with Gasteiger partial charge in [-0.15, -0.1) is 0 Å². The molecule has 0 spiro atoms. The summed E-state index contributed by atoms with van der Waals surface area (Å²) in [5.74, 6) is 1.28. The molecule has 7 nitrogen and oxygen atoms in total. The summed E-state index contributed by atoms with van der Waals surface area (Å²) < 4.78 is 17.1. The maximum atomic E-state index is 13.2. The number of anilines is 1. The molecule has 1 aromatic heterocycles. The van der Waals surface area contributed by atoms with Crippen LogP contribution in [0.4, 0.5) is 5.82 Å². The van der Waals surface area contributed by atoms with Crippen LogP contribution in [-0.4, -0.2) is 35.7 Å². The van der Waals surface area contributed by atoms with Gasteiger partial charge in [0.25, 0.3) is 5.91 Å². The molecule has 1 aliphatic heterocycles. The average Bonchev–Trinajstić information content (AvgIpc) is 2.71. The van der Waals surface area contributed by atoms with Crippen molar-refractivity contribution in [2.45, 2.75) is 66.9 Å². The predicted molar refractivity (Wildman–Crippen MR) is 122 cm³/mol. The van der Waals surface area contributed by atoms with Crippen LogP contribution in [0.15, 0.2) is 12.1 Å². The highest BCUT2D eigenvalue weighted by Crippen LogP contribution is 2.44. The largest absolute Gasteiger partial charge is 0.481 e. The summed E-state index contributed by atoms with van der Waals surface area (Å²) in [5.41, 5.74) is 4.55. The van der Waals surface area contributed by atoms with Crippen LogP contribution >= 0.6 is 0 Å². The van der Waals surface area contributed by atoms with Gasteiger partial charge in [-0.25, -0.2) is 9.78 Å². The lowest BCUT2D eigenvalue weighted by Crippen LogP contribution is -2.48. The van der Waals surface area contributed by atoms with Gasteiger partial charge in [0.05, 0.1) is 6.61 Å². The van der Waals surface area contributed by atoms with Crippen LogP contribution in [0, 0.1) is 34.6 Å². The molecule has 7 heteroatoms. The average molecular weight is 441 g/mol. The van der Waals surface area contributed by atoms with E-state index in [4.69, 9.17) is 14.2 Å². The molecule has 1 aliphatic rings. The Morgan fingerprint density at radius 3 is 2.50 bits per heavy atom. The van der Waals surface area contributed by atoms with Crippen LogP contribution in [-0.2, 0) is 20.7 Å². The standard InChI is InChI=1S/C25H32N2O5/c1-8-30-21(28)13-31-22-16(4)17(5)23-19(18(22)6)9-10-25(7,32-23)24(29)27-20-12-14(2)11-15(3)26-20/h11-12H,8-10,13H2,1-7H3,(H,26,27,29). The number of ether oxygens (including phenoxy) is 3. The highest BCUT2D eigenvalue weighted by molar-refractivity contribution is 5.97. The van der Waals surface area contributed by atoms with E-state index < -0.39 is 11.6 Å². The molecule has 0 saturated heterocycles. The zero-order chi connectivity index (χ0) is 23.6. The molecule has 1 N–H and O–H groups in total. The summed E-state index contributed by atoms with van der Waals surface area (Å²) in [6.07, 6.45) is 1.17. The summed E-state index contributed by atoms with van der Waals surface area (Å²) in [7, 11) is 0. The maximum absolute atomic E-state index is 13.2. The van der Waals surface area contributed by atoms with Crippen LogP contribution < -0.4 is 14.8 Å². The van der Waals surface area contributed by atoms with Crippen molar-refractivity contribution in [3.8, 4) is 11.5 Å². The van der Waals surface area contributed by atoms with E-state index in [1.165, 1.54) is 0 Å². The van der Waals surface area contributed by atoms with E-state index in [9.17, 15) is 9.59 Å². The summed E-state index contributed by atoms with van der Waals surface area (Å²) in [6.45, 7) is 13.4. The van der Waals surface area contributed by atoms with Crippen molar-refractivity contribution < 1.29 is 23.8 Å². The third-order valence-electron chi connectivity index (χ3n) is 5.95. The number of aromatic nitrogens is 1. The van der Waals surface area contributed by atoms with Gasteiger partial charge < -0.3 is 19.5 Å². The molecule has 1 aromatic carbocycles. The van der Waals surface area contributed by atoms with Gasteiger partial charge in [0.15, 0.2) is 12.2 Å². The number of pyridine rings is 1. The van der Waals surface area contributed by atoms with E-state index in [-0.39, 0.29) is 12.5 Å². The van der Waals surface area contributed by atoms with Gasteiger partial charge in [-0.05, 0) is 89.3 Å². The fourth-order valence-electron chi connectivity index (χ4n) is 4.10. The van der Waals surface area contributed by atoms with E-state index >= 15 is 0 Å². The minimum atomic E-state index is -1.02. The van der Waals surface area contributed by atoms with Gasteiger partial charge in [-0.1, -0.05) is 0 Å². The lowest BCUT2D eigenvalue weighted by Gasteiger charge is -2.36. The Kier molecular flexibility index (Phi) is 6.77. The number of esters is 1. The zero-order valence-corrected chi connectivity index (χ0v) is 20.0. The Morgan fingerprint density at radius 2 is 1.84 bits per heavy atom. The second-order valence-corrected chi connectivity index (χ2v) is 8.56. The lowest BCUT2D eigenvalue weighted by molar-refractivity contribution is -0.145. The van der Waals surface area contributed by atoms with Crippen molar-refractivity contribution in [1.82, 2.24) is 4.98 Å². The Bertz CT molecular complexity index is 1040. The Labute approximate surface area is 189 Å². The van der Waals surface area contributed by atoms with Crippen molar-refractivity contribution in [3.05, 3.63) is 45.6 Å². The van der Waals surface area contributed by atoms with E-state index in [1.807, 2.05) is 53.7 Å². The van der Waals surface area contributed by atoms with Gasteiger partial charge >= 0.3 is 5.97 Å². The molecular weight excluding hydrogens is 408 g/mol. The Balaban J connectivity index is 1.85. The van der Waals surface area contributed by atoms with Gasteiger partial charge in [-0.3, -0.25) is 4.79 Å². The fraction of sp³-hybridized carbons (Fsp3) is 0.480.